The highest BCUT2D eigenvalue weighted by Crippen LogP contribution is 2.24. The van der Waals surface area contributed by atoms with Crippen LogP contribution in [0.15, 0.2) is 42.5 Å². The summed E-state index contributed by atoms with van der Waals surface area (Å²) in [5.74, 6) is 0.991. The van der Waals surface area contributed by atoms with Gasteiger partial charge in [-0.25, -0.2) is 0 Å². The number of likely N-dealkylation sites (N-methyl/N-ethyl adjacent to an activating group) is 1. The Hall–Kier alpha value is -2.33. The Morgan fingerprint density at radius 3 is 2.32 bits per heavy atom. The number of aryl methyl sites for hydroxylation is 2. The van der Waals surface area contributed by atoms with Crippen LogP contribution in [-0.2, 0) is 17.8 Å². The van der Waals surface area contributed by atoms with Crippen molar-refractivity contribution in [1.82, 2.24) is 10.2 Å². The molecule has 2 aromatic carbocycles. The predicted molar refractivity (Wildman–Crippen MR) is 102 cm³/mol. The number of nitrogens with one attached hydrogen (secondary N) is 1. The zero-order valence-corrected chi connectivity index (χ0v) is 15.6. The van der Waals surface area contributed by atoms with Crippen molar-refractivity contribution < 1.29 is 9.53 Å². The minimum absolute atomic E-state index is 0.0559. The van der Waals surface area contributed by atoms with Crippen LogP contribution in [0, 0.1) is 13.8 Å². The van der Waals surface area contributed by atoms with E-state index in [0.29, 0.717) is 13.1 Å². The molecule has 0 spiro atoms. The van der Waals surface area contributed by atoms with Crippen LogP contribution in [0.2, 0.25) is 0 Å². The quantitative estimate of drug-likeness (QED) is 0.803. The Bertz CT molecular complexity index is 675. The van der Waals surface area contributed by atoms with Gasteiger partial charge in [-0.05, 0) is 49.6 Å². The van der Waals surface area contributed by atoms with E-state index in [1.165, 1.54) is 11.1 Å². The molecule has 0 unspecified atom stereocenters. The van der Waals surface area contributed by atoms with E-state index < -0.39 is 0 Å². The predicted octanol–water partition coefficient (Wildman–Crippen LogP) is 3.10. The third-order valence-corrected chi connectivity index (χ3v) is 4.17. The van der Waals surface area contributed by atoms with Crippen molar-refractivity contribution in [2.75, 3.05) is 27.2 Å². The fraction of sp³-hybridized carbons (Fsp3) is 0.381. The van der Waals surface area contributed by atoms with Gasteiger partial charge < -0.3 is 10.1 Å². The highest BCUT2D eigenvalue weighted by atomic mass is 16.5. The Balaban J connectivity index is 1.79. The van der Waals surface area contributed by atoms with Gasteiger partial charge in [-0.1, -0.05) is 42.5 Å². The number of hydrogen-bond donors (Lipinski definition) is 1. The second-order valence-corrected chi connectivity index (χ2v) is 6.52. The highest BCUT2D eigenvalue weighted by Gasteiger charge is 2.10. The lowest BCUT2D eigenvalue weighted by atomic mass is 10.1. The molecule has 2 rings (SSSR count). The van der Waals surface area contributed by atoms with Crippen molar-refractivity contribution in [1.29, 1.82) is 0 Å². The molecule has 0 aliphatic carbocycles. The van der Waals surface area contributed by atoms with Gasteiger partial charge in [0.05, 0.1) is 13.7 Å². The number of nitrogens with zero attached hydrogens (tertiary/aromatic N) is 1. The Kier molecular flexibility index (Phi) is 7.02. The molecule has 1 N–H and O–H groups in total. The summed E-state index contributed by atoms with van der Waals surface area (Å²) in [6.45, 7) is 5.88. The topological polar surface area (TPSA) is 41.6 Å². The van der Waals surface area contributed by atoms with Crippen LogP contribution < -0.4 is 10.1 Å². The number of carbonyl (C=O) groups excluding carboxylic acids is 1. The molecule has 0 radical (unpaired) electrons. The smallest absolute Gasteiger partial charge is 0.234 e. The fourth-order valence-corrected chi connectivity index (χ4v) is 3.11. The van der Waals surface area contributed by atoms with Crippen LogP contribution in [0.4, 0.5) is 0 Å². The number of hydrogen-bond acceptors (Lipinski definition) is 3. The first kappa shape index (κ1) is 19.0. The van der Waals surface area contributed by atoms with Gasteiger partial charge in [-0.2, -0.15) is 0 Å². The van der Waals surface area contributed by atoms with Gasteiger partial charge in [0.1, 0.15) is 5.75 Å². The molecule has 0 saturated heterocycles. The lowest BCUT2D eigenvalue weighted by Crippen LogP contribution is -2.35. The summed E-state index contributed by atoms with van der Waals surface area (Å²) in [5, 5.41) is 2.99. The zero-order chi connectivity index (χ0) is 18.2. The Morgan fingerprint density at radius 2 is 1.72 bits per heavy atom. The van der Waals surface area contributed by atoms with Crippen molar-refractivity contribution in [3.8, 4) is 5.75 Å². The molecule has 4 nitrogen and oxygen atoms in total. The minimum Gasteiger partial charge on any atom is -0.496 e. The summed E-state index contributed by atoms with van der Waals surface area (Å²) >= 11 is 0. The Labute approximate surface area is 150 Å². The second kappa shape index (κ2) is 9.23. The van der Waals surface area contributed by atoms with E-state index in [4.69, 9.17) is 4.74 Å². The molecule has 1 amide bonds. The second-order valence-electron chi connectivity index (χ2n) is 6.52. The van der Waals surface area contributed by atoms with Gasteiger partial charge in [-0.15, -0.1) is 0 Å². The van der Waals surface area contributed by atoms with Crippen LogP contribution in [-0.4, -0.2) is 38.1 Å². The molecule has 25 heavy (non-hydrogen) atoms. The number of ether oxygens (including phenoxy) is 1. The normalized spacial score (nSPS) is 10.8. The first-order valence-corrected chi connectivity index (χ1v) is 8.63. The Morgan fingerprint density at radius 1 is 1.08 bits per heavy atom. The van der Waals surface area contributed by atoms with Crippen molar-refractivity contribution in [3.63, 3.8) is 0 Å². The van der Waals surface area contributed by atoms with Crippen molar-refractivity contribution in [2.45, 2.75) is 26.8 Å². The molecule has 2 aromatic rings. The molecular formula is C21H28N2O2. The van der Waals surface area contributed by atoms with Gasteiger partial charge in [-0.3, -0.25) is 9.69 Å². The summed E-state index contributed by atoms with van der Waals surface area (Å²) in [4.78, 5) is 14.1. The fourth-order valence-electron chi connectivity index (χ4n) is 3.11. The van der Waals surface area contributed by atoms with E-state index in [-0.39, 0.29) is 5.91 Å². The first-order valence-electron chi connectivity index (χ1n) is 8.63. The summed E-state index contributed by atoms with van der Waals surface area (Å²) < 4.78 is 5.40. The number of carbonyl (C=O) groups is 1. The third-order valence-electron chi connectivity index (χ3n) is 4.17. The lowest BCUT2D eigenvalue weighted by molar-refractivity contribution is -0.122. The zero-order valence-electron chi connectivity index (χ0n) is 15.6. The monoisotopic (exact) mass is 340 g/mol. The van der Waals surface area contributed by atoms with E-state index in [9.17, 15) is 4.79 Å². The molecule has 0 bridgehead atoms. The van der Waals surface area contributed by atoms with Crippen LogP contribution in [0.1, 0.15) is 22.3 Å². The van der Waals surface area contributed by atoms with E-state index in [0.717, 1.165) is 29.8 Å². The number of methoxy groups -OCH3 is 1. The molecule has 0 saturated carbocycles. The van der Waals surface area contributed by atoms with E-state index in [2.05, 4.69) is 29.6 Å². The van der Waals surface area contributed by atoms with Crippen LogP contribution in [0.25, 0.3) is 0 Å². The molecule has 0 heterocycles. The van der Waals surface area contributed by atoms with Gasteiger partial charge >= 0.3 is 0 Å². The van der Waals surface area contributed by atoms with Crippen LogP contribution in [0.5, 0.6) is 5.75 Å². The van der Waals surface area contributed by atoms with E-state index in [1.54, 1.807) is 7.11 Å². The first-order chi connectivity index (χ1) is 12.0. The average Bonchev–Trinajstić information content (AvgIpc) is 2.55. The molecule has 0 aliphatic rings. The summed E-state index contributed by atoms with van der Waals surface area (Å²) in [6, 6.07) is 14.4. The van der Waals surface area contributed by atoms with Gasteiger partial charge in [0.25, 0.3) is 0 Å². The van der Waals surface area contributed by atoms with Crippen LogP contribution in [0.3, 0.4) is 0 Å². The molecule has 0 aromatic heterocycles. The molecule has 134 valence electrons. The number of amides is 1. The number of benzene rings is 2. The summed E-state index contributed by atoms with van der Waals surface area (Å²) in [6.07, 6.45) is 0.854. The van der Waals surface area contributed by atoms with Gasteiger partial charge in [0, 0.05) is 13.1 Å². The van der Waals surface area contributed by atoms with Crippen molar-refractivity contribution >= 4 is 5.91 Å². The molecule has 0 atom stereocenters. The summed E-state index contributed by atoms with van der Waals surface area (Å²) in [5.41, 5.74) is 4.67. The molecule has 0 fully saturated rings. The van der Waals surface area contributed by atoms with Crippen LogP contribution >= 0.6 is 0 Å². The van der Waals surface area contributed by atoms with Gasteiger partial charge in [0.15, 0.2) is 0 Å². The molecular weight excluding hydrogens is 312 g/mol. The molecule has 4 heteroatoms. The van der Waals surface area contributed by atoms with E-state index in [1.807, 2.05) is 44.0 Å². The minimum atomic E-state index is 0.0559. The molecule has 0 aliphatic heterocycles. The van der Waals surface area contributed by atoms with Crippen molar-refractivity contribution in [3.05, 3.63) is 64.7 Å². The van der Waals surface area contributed by atoms with Gasteiger partial charge in [0.2, 0.25) is 5.91 Å². The average molecular weight is 340 g/mol. The largest absolute Gasteiger partial charge is 0.496 e. The highest BCUT2D eigenvalue weighted by molar-refractivity contribution is 5.77. The number of rotatable bonds is 8. The maximum atomic E-state index is 12.1. The maximum absolute atomic E-state index is 12.1. The SMILES string of the molecule is COc1c(C)cc(CN(C)CC(=O)NCCc2ccccc2)cc1C. The standard InChI is InChI=1S/C21H28N2O2/c1-16-12-19(13-17(2)21(16)25-4)14-23(3)15-20(24)22-11-10-18-8-6-5-7-9-18/h5-9,12-13H,10-11,14-15H2,1-4H3,(H,22,24). The van der Waals surface area contributed by atoms with E-state index >= 15 is 0 Å². The summed E-state index contributed by atoms with van der Waals surface area (Å²) in [7, 11) is 3.66. The van der Waals surface area contributed by atoms with Crippen molar-refractivity contribution in [2.24, 2.45) is 0 Å². The maximum Gasteiger partial charge on any atom is 0.234 e. The lowest BCUT2D eigenvalue weighted by Gasteiger charge is -2.18. The third kappa shape index (κ3) is 5.91.